The standard InChI is InChI=1S/C20H30N2O4/c1-18(2,3)26-17(23)22-11-7-19(16-6-4-5-10-21-16)8-13-25-20(14-19)9-12-24-15-20/h4-6,10H,7-9,11-15H2,1-3H3,(H,22,23)/t19-,20+/m0/s1. The van der Waals surface area contributed by atoms with Crippen LogP contribution in [0.1, 0.15) is 52.1 Å². The van der Waals surface area contributed by atoms with Gasteiger partial charge in [0.15, 0.2) is 0 Å². The highest BCUT2D eigenvalue weighted by Gasteiger charge is 2.49. The first-order valence-corrected chi connectivity index (χ1v) is 9.43. The van der Waals surface area contributed by atoms with E-state index in [4.69, 9.17) is 14.2 Å². The number of amides is 1. The van der Waals surface area contributed by atoms with Gasteiger partial charge in [-0.2, -0.15) is 0 Å². The molecule has 1 aromatic heterocycles. The Labute approximate surface area is 155 Å². The highest BCUT2D eigenvalue weighted by molar-refractivity contribution is 5.67. The Morgan fingerprint density at radius 3 is 2.81 bits per heavy atom. The number of pyridine rings is 1. The summed E-state index contributed by atoms with van der Waals surface area (Å²) in [5, 5.41) is 2.90. The summed E-state index contributed by atoms with van der Waals surface area (Å²) < 4.78 is 17.1. The van der Waals surface area contributed by atoms with Gasteiger partial charge in [-0.05, 0) is 52.2 Å². The van der Waals surface area contributed by atoms with E-state index >= 15 is 0 Å². The van der Waals surface area contributed by atoms with Crippen molar-refractivity contribution in [3.8, 4) is 0 Å². The zero-order chi connectivity index (χ0) is 18.7. The molecule has 0 unspecified atom stereocenters. The quantitative estimate of drug-likeness (QED) is 0.891. The molecule has 2 atom stereocenters. The van der Waals surface area contributed by atoms with E-state index in [9.17, 15) is 4.79 Å². The minimum Gasteiger partial charge on any atom is -0.444 e. The summed E-state index contributed by atoms with van der Waals surface area (Å²) in [5.74, 6) is 0. The molecule has 0 bridgehead atoms. The zero-order valence-corrected chi connectivity index (χ0v) is 16.0. The molecule has 0 aliphatic carbocycles. The van der Waals surface area contributed by atoms with Gasteiger partial charge >= 0.3 is 6.09 Å². The molecule has 1 spiro atoms. The van der Waals surface area contributed by atoms with Crippen molar-refractivity contribution in [1.82, 2.24) is 10.3 Å². The topological polar surface area (TPSA) is 69.7 Å². The predicted octanol–water partition coefficient (Wildman–Crippen LogP) is 3.20. The number of hydrogen-bond acceptors (Lipinski definition) is 5. The monoisotopic (exact) mass is 362 g/mol. The molecule has 3 heterocycles. The van der Waals surface area contributed by atoms with Crippen LogP contribution in [0.15, 0.2) is 24.4 Å². The van der Waals surface area contributed by atoms with E-state index in [-0.39, 0.29) is 17.1 Å². The SMILES string of the molecule is CC(C)(C)OC(=O)NCC[C@]1(c2ccccn2)CCO[C@]2(CCOC2)C1. The number of ether oxygens (including phenoxy) is 3. The van der Waals surface area contributed by atoms with Crippen molar-refractivity contribution in [3.05, 3.63) is 30.1 Å². The van der Waals surface area contributed by atoms with Crippen LogP contribution in [0.25, 0.3) is 0 Å². The van der Waals surface area contributed by atoms with E-state index in [0.717, 1.165) is 38.0 Å². The lowest BCUT2D eigenvalue weighted by Gasteiger charge is -2.45. The summed E-state index contributed by atoms with van der Waals surface area (Å²) in [6.07, 6.45) is 4.94. The van der Waals surface area contributed by atoms with Gasteiger partial charge in [0.2, 0.25) is 0 Å². The summed E-state index contributed by atoms with van der Waals surface area (Å²) in [7, 11) is 0. The normalized spacial score (nSPS) is 28.9. The molecule has 0 radical (unpaired) electrons. The summed E-state index contributed by atoms with van der Waals surface area (Å²) in [6.45, 7) is 8.21. The minimum absolute atomic E-state index is 0.123. The van der Waals surface area contributed by atoms with Crippen molar-refractivity contribution in [2.24, 2.45) is 0 Å². The second-order valence-electron chi connectivity index (χ2n) is 8.43. The number of hydrogen-bond donors (Lipinski definition) is 1. The van der Waals surface area contributed by atoms with Gasteiger partial charge < -0.3 is 19.5 Å². The average molecular weight is 362 g/mol. The largest absolute Gasteiger partial charge is 0.444 e. The predicted molar refractivity (Wildman–Crippen MR) is 98.1 cm³/mol. The molecule has 0 saturated carbocycles. The van der Waals surface area contributed by atoms with Crippen molar-refractivity contribution in [1.29, 1.82) is 0 Å². The van der Waals surface area contributed by atoms with E-state index in [2.05, 4.69) is 16.4 Å². The van der Waals surface area contributed by atoms with Crippen LogP contribution in [-0.2, 0) is 19.6 Å². The number of aromatic nitrogens is 1. The fraction of sp³-hybridized carbons (Fsp3) is 0.700. The molecule has 1 N–H and O–H groups in total. The van der Waals surface area contributed by atoms with E-state index < -0.39 is 5.60 Å². The number of rotatable bonds is 4. The summed E-state index contributed by atoms with van der Waals surface area (Å²) in [6, 6.07) is 6.05. The van der Waals surface area contributed by atoms with Gasteiger partial charge in [0.1, 0.15) is 5.60 Å². The smallest absolute Gasteiger partial charge is 0.407 e. The zero-order valence-electron chi connectivity index (χ0n) is 16.0. The van der Waals surface area contributed by atoms with Crippen molar-refractivity contribution in [2.75, 3.05) is 26.4 Å². The second-order valence-corrected chi connectivity index (χ2v) is 8.43. The highest BCUT2D eigenvalue weighted by Crippen LogP contribution is 2.46. The Bertz CT molecular complexity index is 608. The summed E-state index contributed by atoms with van der Waals surface area (Å²) >= 11 is 0. The van der Waals surface area contributed by atoms with Crippen molar-refractivity contribution < 1.29 is 19.0 Å². The van der Waals surface area contributed by atoms with Gasteiger partial charge in [0, 0.05) is 43.5 Å². The van der Waals surface area contributed by atoms with Crippen molar-refractivity contribution in [3.63, 3.8) is 0 Å². The first-order valence-electron chi connectivity index (χ1n) is 9.43. The molecule has 6 nitrogen and oxygen atoms in total. The lowest BCUT2D eigenvalue weighted by Crippen LogP contribution is -2.49. The molecular weight excluding hydrogens is 332 g/mol. The molecule has 2 aliphatic heterocycles. The Hall–Kier alpha value is -1.66. The lowest BCUT2D eigenvalue weighted by atomic mass is 9.68. The molecule has 2 saturated heterocycles. The van der Waals surface area contributed by atoms with Gasteiger partial charge in [-0.3, -0.25) is 4.98 Å². The van der Waals surface area contributed by atoms with Crippen LogP contribution in [0.4, 0.5) is 4.79 Å². The van der Waals surface area contributed by atoms with Crippen LogP contribution < -0.4 is 5.32 Å². The molecular formula is C20H30N2O4. The summed E-state index contributed by atoms with van der Waals surface area (Å²) in [4.78, 5) is 16.6. The Kier molecular flexibility index (Phi) is 5.53. The Morgan fingerprint density at radius 2 is 2.15 bits per heavy atom. The number of carbonyl (C=O) groups excluding carboxylic acids is 1. The lowest BCUT2D eigenvalue weighted by molar-refractivity contribution is -0.108. The maximum Gasteiger partial charge on any atom is 0.407 e. The van der Waals surface area contributed by atoms with Gasteiger partial charge in [0.25, 0.3) is 0 Å². The van der Waals surface area contributed by atoms with E-state index in [1.54, 1.807) is 0 Å². The first-order chi connectivity index (χ1) is 12.3. The third kappa shape index (κ3) is 4.54. The first kappa shape index (κ1) is 19.1. The van der Waals surface area contributed by atoms with Crippen LogP contribution >= 0.6 is 0 Å². The Balaban J connectivity index is 1.71. The van der Waals surface area contributed by atoms with Crippen LogP contribution in [0, 0.1) is 0 Å². The third-order valence-electron chi connectivity index (χ3n) is 5.20. The van der Waals surface area contributed by atoms with Gasteiger partial charge in [-0.25, -0.2) is 4.79 Å². The number of carbonyl (C=O) groups is 1. The van der Waals surface area contributed by atoms with E-state index in [1.807, 2.05) is 39.1 Å². The fourth-order valence-corrected chi connectivity index (χ4v) is 4.02. The van der Waals surface area contributed by atoms with Crippen LogP contribution in [0.3, 0.4) is 0 Å². The molecule has 0 aromatic carbocycles. The maximum absolute atomic E-state index is 12.0. The molecule has 6 heteroatoms. The minimum atomic E-state index is -0.493. The molecule has 2 fully saturated rings. The number of alkyl carbamates (subject to hydrolysis) is 1. The van der Waals surface area contributed by atoms with Crippen molar-refractivity contribution in [2.45, 2.75) is 63.1 Å². The average Bonchev–Trinajstić information content (AvgIpc) is 3.01. The molecule has 144 valence electrons. The highest BCUT2D eigenvalue weighted by atomic mass is 16.6. The van der Waals surface area contributed by atoms with E-state index in [0.29, 0.717) is 19.8 Å². The third-order valence-corrected chi connectivity index (χ3v) is 5.20. The van der Waals surface area contributed by atoms with Gasteiger partial charge in [-0.1, -0.05) is 6.07 Å². The number of nitrogens with zero attached hydrogens (tertiary/aromatic N) is 1. The molecule has 1 aromatic rings. The molecule has 26 heavy (non-hydrogen) atoms. The van der Waals surface area contributed by atoms with E-state index in [1.165, 1.54) is 0 Å². The molecule has 2 aliphatic rings. The maximum atomic E-state index is 12.0. The van der Waals surface area contributed by atoms with Crippen LogP contribution in [0.5, 0.6) is 0 Å². The Morgan fingerprint density at radius 1 is 1.31 bits per heavy atom. The van der Waals surface area contributed by atoms with Crippen molar-refractivity contribution >= 4 is 6.09 Å². The van der Waals surface area contributed by atoms with Crippen LogP contribution in [0.2, 0.25) is 0 Å². The molecule has 3 rings (SSSR count). The molecule has 1 amide bonds. The summed E-state index contributed by atoms with van der Waals surface area (Å²) in [5.41, 5.74) is 0.233. The fourth-order valence-electron chi connectivity index (χ4n) is 4.02. The number of nitrogens with one attached hydrogen (secondary N) is 1. The second kappa shape index (κ2) is 7.53. The van der Waals surface area contributed by atoms with Gasteiger partial charge in [0.05, 0.1) is 12.2 Å². The van der Waals surface area contributed by atoms with Gasteiger partial charge in [-0.15, -0.1) is 0 Å². The van der Waals surface area contributed by atoms with Crippen LogP contribution in [-0.4, -0.2) is 48.6 Å².